The number of hydrogen-bond acceptors (Lipinski definition) is 4. The highest BCUT2D eigenvalue weighted by Gasteiger charge is 2.29. The van der Waals surface area contributed by atoms with E-state index >= 15 is 0 Å². The van der Waals surface area contributed by atoms with Crippen molar-refractivity contribution in [3.63, 3.8) is 0 Å². The van der Waals surface area contributed by atoms with Crippen LogP contribution in [0, 0.1) is 5.92 Å². The highest BCUT2D eigenvalue weighted by atomic mass is 16.2. The molecule has 30 heavy (non-hydrogen) atoms. The number of aryl methyl sites for hydroxylation is 1. The first kappa shape index (κ1) is 18.5. The van der Waals surface area contributed by atoms with Gasteiger partial charge in [0.2, 0.25) is 5.91 Å². The van der Waals surface area contributed by atoms with Gasteiger partial charge in [0.15, 0.2) is 0 Å². The number of nitrogens with one attached hydrogen (secondary N) is 2. The minimum atomic E-state index is -0.230. The topological polar surface area (TPSA) is 93.1 Å². The number of carbonyl (C=O) groups is 2. The van der Waals surface area contributed by atoms with Crippen molar-refractivity contribution in [2.24, 2.45) is 5.92 Å². The summed E-state index contributed by atoms with van der Waals surface area (Å²) in [6.45, 7) is 1.05. The minimum Gasteiger partial charge on any atom is -0.348 e. The highest BCUT2D eigenvalue weighted by molar-refractivity contribution is 5.97. The Bertz CT molecular complexity index is 1230. The molecule has 0 radical (unpaired) electrons. The van der Waals surface area contributed by atoms with Crippen LogP contribution in [0.15, 0.2) is 47.3 Å². The molecule has 0 atom stereocenters. The van der Waals surface area contributed by atoms with Gasteiger partial charge in [0.05, 0.1) is 10.9 Å². The zero-order chi connectivity index (χ0) is 20.7. The van der Waals surface area contributed by atoms with Crippen LogP contribution in [0.3, 0.4) is 0 Å². The van der Waals surface area contributed by atoms with Gasteiger partial charge in [-0.3, -0.25) is 19.0 Å². The molecule has 152 valence electrons. The maximum Gasteiger partial charge on any atom is 0.261 e. The Morgan fingerprint density at radius 2 is 2.00 bits per heavy atom. The first-order chi connectivity index (χ1) is 14.6. The lowest BCUT2D eigenvalue weighted by Crippen LogP contribution is -2.24. The van der Waals surface area contributed by atoms with Gasteiger partial charge < -0.3 is 10.6 Å². The Kier molecular flexibility index (Phi) is 4.58. The number of aromatic nitrogens is 2. The quantitative estimate of drug-likeness (QED) is 0.686. The van der Waals surface area contributed by atoms with Crippen molar-refractivity contribution in [1.29, 1.82) is 0 Å². The molecule has 5 rings (SSSR count). The van der Waals surface area contributed by atoms with Crippen molar-refractivity contribution < 1.29 is 9.59 Å². The second kappa shape index (κ2) is 7.40. The number of amides is 2. The molecule has 2 heterocycles. The summed E-state index contributed by atoms with van der Waals surface area (Å²) in [7, 11) is 0. The molecule has 1 aliphatic carbocycles. The Labute approximate surface area is 173 Å². The number of carbonyl (C=O) groups excluding carboxylic acids is 2. The molecule has 2 amide bonds. The molecule has 2 aromatic carbocycles. The van der Waals surface area contributed by atoms with Gasteiger partial charge >= 0.3 is 0 Å². The van der Waals surface area contributed by atoms with Gasteiger partial charge in [-0.25, -0.2) is 4.98 Å². The number of anilines is 1. The zero-order valence-corrected chi connectivity index (χ0v) is 16.5. The number of hydrogen-bond donors (Lipinski definition) is 2. The Morgan fingerprint density at radius 3 is 2.83 bits per heavy atom. The molecule has 0 bridgehead atoms. The fourth-order valence-corrected chi connectivity index (χ4v) is 3.86. The van der Waals surface area contributed by atoms with Crippen LogP contribution in [0.2, 0.25) is 0 Å². The summed E-state index contributed by atoms with van der Waals surface area (Å²) in [5.41, 5.74) is 2.63. The average Bonchev–Trinajstić information content (AvgIpc) is 3.50. The molecule has 2 N–H and O–H groups in total. The lowest BCUT2D eigenvalue weighted by Gasteiger charge is -2.09. The summed E-state index contributed by atoms with van der Waals surface area (Å²) in [5, 5.41) is 6.36. The van der Waals surface area contributed by atoms with Gasteiger partial charge in [-0.05, 0) is 55.2 Å². The number of nitrogens with zero attached hydrogens (tertiary/aromatic N) is 2. The number of benzene rings is 2. The standard InChI is InChI=1S/C23H22N4O3/c28-21(24-13-14-3-1-4-17(11-14)25-22(29)15-6-7-15)16-8-9-18-19(12-16)26-20-5-2-10-27(20)23(18)30/h1,3-4,8-9,11-12,15H,2,5-7,10,13H2,(H,24,28)(H,25,29). The van der Waals surface area contributed by atoms with Crippen molar-refractivity contribution in [3.05, 3.63) is 69.8 Å². The summed E-state index contributed by atoms with van der Waals surface area (Å²) >= 11 is 0. The normalized spacial score (nSPS) is 15.1. The lowest BCUT2D eigenvalue weighted by atomic mass is 10.1. The summed E-state index contributed by atoms with van der Waals surface area (Å²) in [6.07, 6.45) is 3.62. The second-order valence-electron chi connectivity index (χ2n) is 7.97. The summed E-state index contributed by atoms with van der Waals surface area (Å²) in [4.78, 5) is 41.7. The molecule has 2 aliphatic rings. The molecule has 1 fully saturated rings. The van der Waals surface area contributed by atoms with Gasteiger partial charge in [0.1, 0.15) is 5.82 Å². The largest absolute Gasteiger partial charge is 0.348 e. The fraction of sp³-hybridized carbons (Fsp3) is 0.304. The molecule has 0 spiro atoms. The van der Waals surface area contributed by atoms with Crippen LogP contribution < -0.4 is 16.2 Å². The van der Waals surface area contributed by atoms with Gasteiger partial charge in [-0.1, -0.05) is 12.1 Å². The number of fused-ring (bicyclic) bond motifs is 2. The molecular formula is C23H22N4O3. The fourth-order valence-electron chi connectivity index (χ4n) is 3.86. The van der Waals surface area contributed by atoms with Crippen molar-refractivity contribution >= 4 is 28.4 Å². The molecule has 0 saturated heterocycles. The van der Waals surface area contributed by atoms with Gasteiger partial charge in [0, 0.05) is 36.7 Å². The SMILES string of the molecule is O=C(NCc1cccc(NC(=O)C2CC2)c1)c1ccc2c(=O)n3c(nc2c1)CCC3. The Hall–Kier alpha value is -3.48. The number of rotatable bonds is 5. The van der Waals surface area contributed by atoms with Crippen molar-refractivity contribution in [3.8, 4) is 0 Å². The highest BCUT2D eigenvalue weighted by Crippen LogP contribution is 2.30. The van der Waals surface area contributed by atoms with E-state index in [2.05, 4.69) is 15.6 Å². The minimum absolute atomic E-state index is 0.0375. The van der Waals surface area contributed by atoms with Crippen LogP contribution in [-0.2, 0) is 24.3 Å². The molecule has 1 aromatic heterocycles. The molecule has 7 nitrogen and oxygen atoms in total. The third-order valence-electron chi connectivity index (χ3n) is 5.67. The van der Waals surface area contributed by atoms with E-state index in [9.17, 15) is 14.4 Å². The van der Waals surface area contributed by atoms with E-state index in [0.717, 1.165) is 42.8 Å². The lowest BCUT2D eigenvalue weighted by molar-refractivity contribution is -0.117. The van der Waals surface area contributed by atoms with Gasteiger partial charge in [-0.2, -0.15) is 0 Å². The second-order valence-corrected chi connectivity index (χ2v) is 7.97. The van der Waals surface area contributed by atoms with Crippen molar-refractivity contribution in [2.75, 3.05) is 5.32 Å². The molecule has 1 saturated carbocycles. The van der Waals surface area contributed by atoms with E-state index in [1.165, 1.54) is 0 Å². The van der Waals surface area contributed by atoms with Gasteiger partial charge in [-0.15, -0.1) is 0 Å². The molecule has 0 unspecified atom stereocenters. The summed E-state index contributed by atoms with van der Waals surface area (Å²) < 4.78 is 1.72. The smallest absolute Gasteiger partial charge is 0.261 e. The Morgan fingerprint density at radius 1 is 1.13 bits per heavy atom. The van der Waals surface area contributed by atoms with Crippen LogP contribution in [-0.4, -0.2) is 21.4 Å². The van der Waals surface area contributed by atoms with Crippen LogP contribution >= 0.6 is 0 Å². The predicted octanol–water partition coefficient (Wildman–Crippen LogP) is 2.62. The monoisotopic (exact) mass is 402 g/mol. The van der Waals surface area contributed by atoms with Gasteiger partial charge in [0.25, 0.3) is 11.5 Å². The van der Waals surface area contributed by atoms with E-state index < -0.39 is 0 Å². The van der Waals surface area contributed by atoms with Crippen LogP contribution in [0.1, 0.15) is 41.0 Å². The Balaban J connectivity index is 1.30. The van der Waals surface area contributed by atoms with Crippen LogP contribution in [0.4, 0.5) is 5.69 Å². The van der Waals surface area contributed by atoms with E-state index in [1.54, 1.807) is 22.8 Å². The van der Waals surface area contributed by atoms with Crippen LogP contribution in [0.25, 0.3) is 10.9 Å². The molecular weight excluding hydrogens is 380 g/mol. The first-order valence-electron chi connectivity index (χ1n) is 10.3. The molecule has 3 aromatic rings. The summed E-state index contributed by atoms with van der Waals surface area (Å²) in [5.74, 6) is 0.758. The molecule has 1 aliphatic heterocycles. The maximum atomic E-state index is 12.6. The average molecular weight is 402 g/mol. The third kappa shape index (κ3) is 3.58. The summed E-state index contributed by atoms with van der Waals surface area (Å²) in [6, 6.07) is 12.5. The van der Waals surface area contributed by atoms with Crippen molar-refractivity contribution in [1.82, 2.24) is 14.9 Å². The maximum absolute atomic E-state index is 12.6. The predicted molar refractivity (Wildman–Crippen MR) is 113 cm³/mol. The van der Waals surface area contributed by atoms with Crippen LogP contribution in [0.5, 0.6) is 0 Å². The van der Waals surface area contributed by atoms with E-state index in [4.69, 9.17) is 0 Å². The zero-order valence-electron chi connectivity index (χ0n) is 16.5. The third-order valence-corrected chi connectivity index (χ3v) is 5.67. The van der Waals surface area contributed by atoms with E-state index in [0.29, 0.717) is 29.6 Å². The van der Waals surface area contributed by atoms with E-state index in [1.807, 2.05) is 24.3 Å². The first-order valence-corrected chi connectivity index (χ1v) is 10.3. The van der Waals surface area contributed by atoms with Crippen molar-refractivity contribution in [2.45, 2.75) is 38.8 Å². The molecule has 7 heteroatoms. The van der Waals surface area contributed by atoms with E-state index in [-0.39, 0.29) is 23.3 Å².